The van der Waals surface area contributed by atoms with Crippen molar-refractivity contribution >= 4 is 23.3 Å². The van der Waals surface area contributed by atoms with Crippen molar-refractivity contribution < 1.29 is 4.79 Å². The molecule has 116 valence electrons. The van der Waals surface area contributed by atoms with Gasteiger partial charge in [0.1, 0.15) is 5.69 Å². The zero-order chi connectivity index (χ0) is 16.3. The third-order valence-electron chi connectivity index (χ3n) is 3.60. The number of carbonyl (C=O) groups is 1. The van der Waals surface area contributed by atoms with Gasteiger partial charge < -0.3 is 14.8 Å². The maximum Gasteiger partial charge on any atom is 0.322 e. The molecular weight excluding hydrogens is 302 g/mol. The Morgan fingerprint density at radius 1 is 1.32 bits per heavy atom. The van der Waals surface area contributed by atoms with E-state index >= 15 is 0 Å². The van der Waals surface area contributed by atoms with Gasteiger partial charge in [-0.25, -0.2) is 4.79 Å². The summed E-state index contributed by atoms with van der Waals surface area (Å²) in [5, 5.41) is 3.26. The summed E-state index contributed by atoms with van der Waals surface area (Å²) in [5.74, 6) is 0. The van der Waals surface area contributed by atoms with Crippen LogP contribution < -0.4 is 10.9 Å². The van der Waals surface area contributed by atoms with E-state index in [1.165, 1.54) is 9.47 Å². The van der Waals surface area contributed by atoms with E-state index in [1.54, 1.807) is 38.5 Å². The van der Waals surface area contributed by atoms with Gasteiger partial charge in [-0.15, -0.1) is 0 Å². The van der Waals surface area contributed by atoms with Crippen molar-refractivity contribution in [2.75, 3.05) is 12.4 Å². The van der Waals surface area contributed by atoms with Crippen LogP contribution in [0.4, 0.5) is 10.5 Å². The number of benzene rings is 1. The fourth-order valence-corrected chi connectivity index (χ4v) is 2.26. The number of nitrogens with one attached hydrogen (secondary N) is 1. The molecule has 1 heterocycles. The van der Waals surface area contributed by atoms with Gasteiger partial charge in [-0.1, -0.05) is 23.7 Å². The smallest absolute Gasteiger partial charge is 0.321 e. The van der Waals surface area contributed by atoms with Crippen LogP contribution in [0.1, 0.15) is 18.5 Å². The van der Waals surface area contributed by atoms with Crippen LogP contribution in [0.3, 0.4) is 0 Å². The maximum absolute atomic E-state index is 12.3. The number of pyridine rings is 1. The van der Waals surface area contributed by atoms with E-state index in [9.17, 15) is 9.59 Å². The van der Waals surface area contributed by atoms with Gasteiger partial charge in [-0.3, -0.25) is 4.79 Å². The average molecular weight is 320 g/mol. The Hall–Kier alpha value is -2.27. The molecule has 1 atom stereocenters. The Morgan fingerprint density at radius 2 is 2.05 bits per heavy atom. The lowest BCUT2D eigenvalue weighted by molar-refractivity contribution is 0.208. The molecule has 1 aromatic heterocycles. The largest absolute Gasteiger partial charge is 0.322 e. The Bertz CT molecular complexity index is 742. The third kappa shape index (κ3) is 3.49. The molecule has 5 nitrogen and oxygen atoms in total. The highest BCUT2D eigenvalue weighted by Crippen LogP contribution is 2.22. The molecular formula is C16H18ClN3O2. The van der Waals surface area contributed by atoms with Crippen LogP contribution in [-0.4, -0.2) is 22.5 Å². The Balaban J connectivity index is 2.15. The zero-order valence-electron chi connectivity index (χ0n) is 12.7. The van der Waals surface area contributed by atoms with Crippen molar-refractivity contribution in [2.45, 2.75) is 13.0 Å². The lowest BCUT2D eigenvalue weighted by atomic mass is 10.1. The van der Waals surface area contributed by atoms with E-state index in [0.717, 1.165) is 5.56 Å². The third-order valence-corrected chi connectivity index (χ3v) is 3.83. The van der Waals surface area contributed by atoms with Crippen LogP contribution in [0.2, 0.25) is 5.02 Å². The second kappa shape index (κ2) is 6.66. The summed E-state index contributed by atoms with van der Waals surface area (Å²) in [5.41, 5.74) is 0.922. The summed E-state index contributed by atoms with van der Waals surface area (Å²) in [6.07, 6.45) is 1.64. The maximum atomic E-state index is 12.3. The van der Waals surface area contributed by atoms with Crippen molar-refractivity contribution in [3.63, 3.8) is 0 Å². The second-order valence-electron chi connectivity index (χ2n) is 5.11. The number of nitrogens with zero attached hydrogens (tertiary/aromatic N) is 2. The summed E-state index contributed by atoms with van der Waals surface area (Å²) in [7, 11) is 3.31. The van der Waals surface area contributed by atoms with Gasteiger partial charge in [-0.05, 0) is 36.8 Å². The first-order chi connectivity index (χ1) is 10.4. The van der Waals surface area contributed by atoms with E-state index in [0.29, 0.717) is 5.02 Å². The number of halogens is 1. The van der Waals surface area contributed by atoms with Crippen molar-refractivity contribution in [3.8, 4) is 0 Å². The standard InChI is InChI=1S/C16H18ClN3O2/c1-11(12-6-4-7-13(17)10-12)20(3)16(22)18-14-8-5-9-19(2)15(14)21/h4-11H,1-3H3,(H,18,22)/t11-/m0/s1. The Labute approximate surface area is 134 Å². The SMILES string of the molecule is C[C@@H](c1cccc(Cl)c1)N(C)C(=O)Nc1cccn(C)c1=O. The first-order valence-electron chi connectivity index (χ1n) is 6.85. The van der Waals surface area contributed by atoms with Crippen LogP contribution in [0.5, 0.6) is 0 Å². The van der Waals surface area contributed by atoms with Crippen molar-refractivity contribution in [1.29, 1.82) is 0 Å². The number of hydrogen-bond donors (Lipinski definition) is 1. The minimum absolute atomic E-state index is 0.175. The predicted octanol–water partition coefficient (Wildman–Crippen LogP) is 3.26. The highest BCUT2D eigenvalue weighted by molar-refractivity contribution is 6.30. The Kier molecular flexibility index (Phi) is 4.88. The Morgan fingerprint density at radius 3 is 2.73 bits per heavy atom. The van der Waals surface area contributed by atoms with Gasteiger partial charge in [0.05, 0.1) is 6.04 Å². The molecule has 2 aromatic rings. The molecule has 0 fully saturated rings. The molecule has 0 spiro atoms. The van der Waals surface area contributed by atoms with Gasteiger partial charge in [-0.2, -0.15) is 0 Å². The predicted molar refractivity (Wildman–Crippen MR) is 88.3 cm³/mol. The lowest BCUT2D eigenvalue weighted by Gasteiger charge is -2.25. The molecule has 1 N–H and O–H groups in total. The number of aromatic nitrogens is 1. The number of carbonyl (C=O) groups excluding carboxylic acids is 1. The second-order valence-corrected chi connectivity index (χ2v) is 5.55. The molecule has 6 heteroatoms. The first-order valence-corrected chi connectivity index (χ1v) is 7.23. The lowest BCUT2D eigenvalue weighted by Crippen LogP contribution is -2.35. The number of amides is 2. The molecule has 2 amide bonds. The summed E-state index contributed by atoms with van der Waals surface area (Å²) in [6.45, 7) is 1.90. The van der Waals surface area contributed by atoms with Gasteiger partial charge >= 0.3 is 6.03 Å². The van der Waals surface area contributed by atoms with Crippen LogP contribution in [0.15, 0.2) is 47.4 Å². The highest BCUT2D eigenvalue weighted by atomic mass is 35.5. The molecule has 0 saturated heterocycles. The topological polar surface area (TPSA) is 54.3 Å². The number of urea groups is 1. The molecule has 0 aliphatic heterocycles. The minimum Gasteiger partial charge on any atom is -0.321 e. The summed E-state index contributed by atoms with van der Waals surface area (Å²) >= 11 is 5.98. The molecule has 22 heavy (non-hydrogen) atoms. The molecule has 0 bridgehead atoms. The normalized spacial score (nSPS) is 11.8. The summed E-state index contributed by atoms with van der Waals surface area (Å²) in [4.78, 5) is 25.8. The van der Waals surface area contributed by atoms with E-state index < -0.39 is 0 Å². The quantitative estimate of drug-likeness (QED) is 0.944. The van der Waals surface area contributed by atoms with Crippen molar-refractivity contribution in [3.05, 3.63) is 63.5 Å². The highest BCUT2D eigenvalue weighted by Gasteiger charge is 2.18. The summed E-state index contributed by atoms with van der Waals surface area (Å²) < 4.78 is 1.41. The molecule has 0 radical (unpaired) electrons. The number of rotatable bonds is 3. The fourth-order valence-electron chi connectivity index (χ4n) is 2.06. The summed E-state index contributed by atoms with van der Waals surface area (Å²) in [6, 6.07) is 10.1. The molecule has 0 unspecified atom stereocenters. The first kappa shape index (κ1) is 16.1. The van der Waals surface area contributed by atoms with Gasteiger partial charge in [0.25, 0.3) is 5.56 Å². The van der Waals surface area contributed by atoms with Crippen molar-refractivity contribution in [1.82, 2.24) is 9.47 Å². The van der Waals surface area contributed by atoms with Crippen LogP contribution in [0.25, 0.3) is 0 Å². The number of aryl methyl sites for hydroxylation is 1. The average Bonchev–Trinajstić information content (AvgIpc) is 2.50. The van der Waals surface area contributed by atoms with E-state index in [2.05, 4.69) is 5.32 Å². The van der Waals surface area contributed by atoms with Crippen LogP contribution in [0, 0.1) is 0 Å². The minimum atomic E-state index is -0.351. The van der Waals surface area contributed by atoms with E-state index in [4.69, 9.17) is 11.6 Å². The molecule has 0 aliphatic rings. The monoisotopic (exact) mass is 319 g/mol. The van der Waals surface area contributed by atoms with E-state index in [-0.39, 0.29) is 23.3 Å². The molecule has 0 aliphatic carbocycles. The van der Waals surface area contributed by atoms with Crippen LogP contribution >= 0.6 is 11.6 Å². The molecule has 1 aromatic carbocycles. The molecule has 2 rings (SSSR count). The van der Waals surface area contributed by atoms with Gasteiger partial charge in [0, 0.05) is 25.3 Å². The molecule has 0 saturated carbocycles. The number of hydrogen-bond acceptors (Lipinski definition) is 2. The van der Waals surface area contributed by atoms with E-state index in [1.807, 2.05) is 25.1 Å². The van der Waals surface area contributed by atoms with Gasteiger partial charge in [0.15, 0.2) is 0 Å². The fraction of sp³-hybridized carbons (Fsp3) is 0.250. The zero-order valence-corrected chi connectivity index (χ0v) is 13.5. The van der Waals surface area contributed by atoms with Crippen molar-refractivity contribution in [2.24, 2.45) is 7.05 Å². The van der Waals surface area contributed by atoms with Gasteiger partial charge in [0.2, 0.25) is 0 Å². The number of anilines is 1. The van der Waals surface area contributed by atoms with Crippen LogP contribution in [-0.2, 0) is 7.05 Å².